The van der Waals surface area contributed by atoms with E-state index in [-0.39, 0.29) is 0 Å². The van der Waals surface area contributed by atoms with Gasteiger partial charge in [-0.2, -0.15) is 0 Å². The van der Waals surface area contributed by atoms with Gasteiger partial charge in [0.15, 0.2) is 0 Å². The second-order valence-electron chi connectivity index (χ2n) is 4.37. The first-order valence-electron chi connectivity index (χ1n) is 5.73. The third kappa shape index (κ3) is 2.75. The predicted octanol–water partition coefficient (Wildman–Crippen LogP) is 3.53. The number of benzene rings is 1. The Hall–Kier alpha value is -2.03. The minimum atomic E-state index is 0.479. The SMILES string of the molecule is CC(C)c1ccccc1Nc1cncc(N)c1. The van der Waals surface area contributed by atoms with Crippen LogP contribution in [0.1, 0.15) is 25.3 Å². The van der Waals surface area contributed by atoms with E-state index in [0.717, 1.165) is 11.4 Å². The molecule has 0 aliphatic heterocycles. The highest BCUT2D eigenvalue weighted by molar-refractivity contribution is 5.65. The second-order valence-corrected chi connectivity index (χ2v) is 4.37. The quantitative estimate of drug-likeness (QED) is 0.843. The van der Waals surface area contributed by atoms with Gasteiger partial charge in [0.1, 0.15) is 0 Å². The summed E-state index contributed by atoms with van der Waals surface area (Å²) >= 11 is 0. The van der Waals surface area contributed by atoms with Gasteiger partial charge in [-0.15, -0.1) is 0 Å². The van der Waals surface area contributed by atoms with E-state index in [2.05, 4.69) is 42.3 Å². The van der Waals surface area contributed by atoms with Crippen LogP contribution in [0.15, 0.2) is 42.7 Å². The molecule has 3 N–H and O–H groups in total. The van der Waals surface area contributed by atoms with Gasteiger partial charge in [-0.05, 0) is 23.6 Å². The zero-order chi connectivity index (χ0) is 12.3. The molecule has 0 fully saturated rings. The van der Waals surface area contributed by atoms with Crippen LogP contribution in [0.5, 0.6) is 0 Å². The highest BCUT2D eigenvalue weighted by atomic mass is 14.9. The average Bonchev–Trinajstić information content (AvgIpc) is 2.29. The minimum Gasteiger partial charge on any atom is -0.397 e. The number of aromatic nitrogens is 1. The number of nitrogens with zero attached hydrogens (tertiary/aromatic N) is 1. The number of nitrogens with one attached hydrogen (secondary N) is 1. The molecule has 88 valence electrons. The van der Waals surface area contributed by atoms with E-state index >= 15 is 0 Å². The lowest BCUT2D eigenvalue weighted by molar-refractivity contribution is 0.869. The Morgan fingerprint density at radius 1 is 1.18 bits per heavy atom. The van der Waals surface area contributed by atoms with E-state index < -0.39 is 0 Å². The number of para-hydroxylation sites is 1. The zero-order valence-electron chi connectivity index (χ0n) is 10.1. The van der Waals surface area contributed by atoms with Gasteiger partial charge < -0.3 is 11.1 Å². The van der Waals surface area contributed by atoms with Gasteiger partial charge in [0, 0.05) is 11.9 Å². The van der Waals surface area contributed by atoms with Gasteiger partial charge in [0.25, 0.3) is 0 Å². The Morgan fingerprint density at radius 3 is 2.65 bits per heavy atom. The number of pyridine rings is 1. The van der Waals surface area contributed by atoms with Gasteiger partial charge in [0.05, 0.1) is 17.6 Å². The van der Waals surface area contributed by atoms with E-state index in [1.165, 1.54) is 5.56 Å². The molecule has 0 radical (unpaired) electrons. The topological polar surface area (TPSA) is 50.9 Å². The summed E-state index contributed by atoms with van der Waals surface area (Å²) in [7, 11) is 0. The lowest BCUT2D eigenvalue weighted by Crippen LogP contribution is -1.98. The zero-order valence-corrected chi connectivity index (χ0v) is 10.1. The molecule has 0 amide bonds. The minimum absolute atomic E-state index is 0.479. The Morgan fingerprint density at radius 2 is 1.94 bits per heavy atom. The fourth-order valence-electron chi connectivity index (χ4n) is 1.80. The normalized spacial score (nSPS) is 10.5. The number of nitrogens with two attached hydrogens (primary N) is 1. The molecule has 2 rings (SSSR count). The lowest BCUT2D eigenvalue weighted by Gasteiger charge is -2.14. The van der Waals surface area contributed by atoms with Crippen LogP contribution in [0.2, 0.25) is 0 Å². The molecule has 0 saturated carbocycles. The fraction of sp³-hybridized carbons (Fsp3) is 0.214. The van der Waals surface area contributed by atoms with Crippen molar-refractivity contribution >= 4 is 17.1 Å². The standard InChI is InChI=1S/C14H17N3/c1-10(2)13-5-3-4-6-14(13)17-12-7-11(15)8-16-9-12/h3-10,17H,15H2,1-2H3. The third-order valence-corrected chi connectivity index (χ3v) is 2.62. The Balaban J connectivity index is 2.30. The molecule has 3 nitrogen and oxygen atoms in total. The summed E-state index contributed by atoms with van der Waals surface area (Å²) in [6.45, 7) is 4.36. The molecular formula is C14H17N3. The van der Waals surface area contributed by atoms with Crippen molar-refractivity contribution in [2.45, 2.75) is 19.8 Å². The molecule has 0 atom stereocenters. The van der Waals surface area contributed by atoms with Crippen molar-refractivity contribution in [3.8, 4) is 0 Å². The molecule has 0 saturated heterocycles. The Labute approximate surface area is 102 Å². The van der Waals surface area contributed by atoms with Gasteiger partial charge in [0.2, 0.25) is 0 Å². The first-order chi connectivity index (χ1) is 8.16. The monoisotopic (exact) mass is 227 g/mol. The number of hydrogen-bond acceptors (Lipinski definition) is 3. The highest BCUT2D eigenvalue weighted by Gasteiger charge is 2.05. The molecule has 0 unspecified atom stereocenters. The molecule has 0 bridgehead atoms. The van der Waals surface area contributed by atoms with Crippen LogP contribution in [0.25, 0.3) is 0 Å². The van der Waals surface area contributed by atoms with E-state index in [4.69, 9.17) is 5.73 Å². The maximum atomic E-state index is 5.71. The molecule has 1 aromatic carbocycles. The van der Waals surface area contributed by atoms with Gasteiger partial charge in [-0.1, -0.05) is 32.0 Å². The Kier molecular flexibility index (Phi) is 3.28. The van der Waals surface area contributed by atoms with Gasteiger partial charge in [-0.3, -0.25) is 4.98 Å². The van der Waals surface area contributed by atoms with Crippen LogP contribution < -0.4 is 11.1 Å². The summed E-state index contributed by atoms with van der Waals surface area (Å²) in [5.74, 6) is 0.479. The van der Waals surface area contributed by atoms with Crippen LogP contribution in [0.4, 0.5) is 17.1 Å². The van der Waals surface area contributed by atoms with Crippen molar-refractivity contribution in [3.63, 3.8) is 0 Å². The number of anilines is 3. The number of rotatable bonds is 3. The van der Waals surface area contributed by atoms with Crippen molar-refractivity contribution < 1.29 is 0 Å². The van der Waals surface area contributed by atoms with Crippen molar-refractivity contribution in [3.05, 3.63) is 48.3 Å². The van der Waals surface area contributed by atoms with E-state index in [1.54, 1.807) is 12.4 Å². The average molecular weight is 227 g/mol. The molecule has 3 heteroatoms. The highest BCUT2D eigenvalue weighted by Crippen LogP contribution is 2.26. The molecule has 17 heavy (non-hydrogen) atoms. The molecule has 0 aliphatic rings. The maximum Gasteiger partial charge on any atom is 0.0591 e. The molecular weight excluding hydrogens is 210 g/mol. The third-order valence-electron chi connectivity index (χ3n) is 2.62. The Bertz CT molecular complexity index is 506. The van der Waals surface area contributed by atoms with E-state index in [0.29, 0.717) is 11.6 Å². The predicted molar refractivity (Wildman–Crippen MR) is 72.5 cm³/mol. The fourth-order valence-corrected chi connectivity index (χ4v) is 1.80. The molecule has 1 aromatic heterocycles. The summed E-state index contributed by atoms with van der Waals surface area (Å²) in [5, 5.41) is 3.35. The first-order valence-corrected chi connectivity index (χ1v) is 5.73. The van der Waals surface area contributed by atoms with Crippen molar-refractivity contribution in [2.75, 3.05) is 11.1 Å². The lowest BCUT2D eigenvalue weighted by atomic mass is 10.0. The summed E-state index contributed by atoms with van der Waals surface area (Å²) in [5.41, 5.74) is 9.68. The van der Waals surface area contributed by atoms with Crippen molar-refractivity contribution in [2.24, 2.45) is 0 Å². The second kappa shape index (κ2) is 4.87. The van der Waals surface area contributed by atoms with Crippen LogP contribution in [-0.2, 0) is 0 Å². The van der Waals surface area contributed by atoms with Crippen LogP contribution in [-0.4, -0.2) is 4.98 Å². The maximum absolute atomic E-state index is 5.71. The summed E-state index contributed by atoms with van der Waals surface area (Å²) in [6, 6.07) is 10.2. The van der Waals surface area contributed by atoms with E-state index in [1.807, 2.05) is 12.1 Å². The summed E-state index contributed by atoms with van der Waals surface area (Å²) in [6.07, 6.45) is 3.41. The molecule has 2 aromatic rings. The first kappa shape index (κ1) is 11.5. The van der Waals surface area contributed by atoms with Crippen LogP contribution in [0, 0.1) is 0 Å². The van der Waals surface area contributed by atoms with Gasteiger partial charge >= 0.3 is 0 Å². The number of nitrogen functional groups attached to an aromatic ring is 1. The van der Waals surface area contributed by atoms with Crippen molar-refractivity contribution in [1.82, 2.24) is 4.98 Å². The van der Waals surface area contributed by atoms with Gasteiger partial charge in [-0.25, -0.2) is 0 Å². The molecule has 0 spiro atoms. The van der Waals surface area contributed by atoms with E-state index in [9.17, 15) is 0 Å². The molecule has 1 heterocycles. The smallest absolute Gasteiger partial charge is 0.0591 e. The number of hydrogen-bond donors (Lipinski definition) is 2. The largest absolute Gasteiger partial charge is 0.397 e. The summed E-state index contributed by atoms with van der Waals surface area (Å²) in [4.78, 5) is 4.07. The van der Waals surface area contributed by atoms with Crippen molar-refractivity contribution in [1.29, 1.82) is 0 Å². The summed E-state index contributed by atoms with van der Waals surface area (Å²) < 4.78 is 0. The molecule has 0 aliphatic carbocycles. The van der Waals surface area contributed by atoms with Crippen LogP contribution >= 0.6 is 0 Å². The van der Waals surface area contributed by atoms with Crippen LogP contribution in [0.3, 0.4) is 0 Å².